The standard InChI is InChI=1S/C24H16ClN3O3/c25-19-12-16(11-18(13-26)23-27-20-3-1-2-4-21(20)28-23)7-10-22(19)31-14-15-5-8-17(9-6-15)24(29)30/h1-12H,14H2,(H,27,28)(H,29,30)/b18-11+. The number of hydrogen-bond acceptors (Lipinski definition) is 4. The summed E-state index contributed by atoms with van der Waals surface area (Å²) >= 11 is 6.36. The number of H-pyrrole nitrogens is 1. The van der Waals surface area contributed by atoms with Gasteiger partial charge in [-0.15, -0.1) is 0 Å². The monoisotopic (exact) mass is 429 g/mol. The van der Waals surface area contributed by atoms with Crippen LogP contribution >= 0.6 is 11.6 Å². The van der Waals surface area contributed by atoms with Crippen molar-refractivity contribution in [2.45, 2.75) is 6.61 Å². The Kier molecular flexibility index (Phi) is 5.69. The lowest BCUT2D eigenvalue weighted by Crippen LogP contribution is -1.99. The molecule has 0 bridgehead atoms. The molecule has 2 N–H and O–H groups in total. The predicted octanol–water partition coefficient (Wildman–Crippen LogP) is 5.56. The predicted molar refractivity (Wildman–Crippen MR) is 119 cm³/mol. The number of carboxylic acids is 1. The van der Waals surface area contributed by atoms with E-state index in [1.54, 1.807) is 36.4 Å². The molecular formula is C24H16ClN3O3. The number of nitrogens with one attached hydrogen (secondary N) is 1. The molecular weight excluding hydrogens is 414 g/mol. The maximum Gasteiger partial charge on any atom is 0.335 e. The van der Waals surface area contributed by atoms with Crippen molar-refractivity contribution in [2.75, 3.05) is 0 Å². The van der Waals surface area contributed by atoms with E-state index in [-0.39, 0.29) is 12.2 Å². The second kappa shape index (κ2) is 8.74. The minimum atomic E-state index is -0.974. The van der Waals surface area contributed by atoms with Gasteiger partial charge in [0, 0.05) is 0 Å². The van der Waals surface area contributed by atoms with Gasteiger partial charge in [-0.25, -0.2) is 9.78 Å². The number of aromatic amines is 1. The second-order valence-corrected chi connectivity index (χ2v) is 7.16. The van der Waals surface area contributed by atoms with Crippen LogP contribution in [0.25, 0.3) is 22.7 Å². The minimum absolute atomic E-state index is 0.218. The zero-order chi connectivity index (χ0) is 21.8. The van der Waals surface area contributed by atoms with E-state index in [4.69, 9.17) is 21.4 Å². The molecule has 1 heterocycles. The number of aromatic carboxylic acids is 1. The summed E-state index contributed by atoms with van der Waals surface area (Å²) in [4.78, 5) is 18.5. The van der Waals surface area contributed by atoms with Crippen molar-refractivity contribution in [3.8, 4) is 11.8 Å². The third kappa shape index (κ3) is 4.58. The Labute approximate surface area is 183 Å². The van der Waals surface area contributed by atoms with Crippen LogP contribution in [-0.4, -0.2) is 21.0 Å². The number of halogens is 1. The van der Waals surface area contributed by atoms with Crippen molar-refractivity contribution < 1.29 is 14.6 Å². The van der Waals surface area contributed by atoms with Crippen LogP contribution in [0.3, 0.4) is 0 Å². The molecule has 0 fully saturated rings. The molecule has 0 aliphatic heterocycles. The van der Waals surface area contributed by atoms with Crippen LogP contribution in [-0.2, 0) is 6.61 Å². The highest BCUT2D eigenvalue weighted by Gasteiger charge is 2.09. The van der Waals surface area contributed by atoms with Gasteiger partial charge < -0.3 is 14.8 Å². The van der Waals surface area contributed by atoms with Crippen LogP contribution in [0, 0.1) is 11.3 Å². The first kappa shape index (κ1) is 20.2. The Hall–Kier alpha value is -4.08. The van der Waals surface area contributed by atoms with E-state index in [0.29, 0.717) is 22.2 Å². The number of para-hydroxylation sites is 2. The molecule has 0 unspecified atom stereocenters. The van der Waals surface area contributed by atoms with E-state index in [1.165, 1.54) is 12.1 Å². The van der Waals surface area contributed by atoms with E-state index in [2.05, 4.69) is 16.0 Å². The zero-order valence-electron chi connectivity index (χ0n) is 16.2. The van der Waals surface area contributed by atoms with Gasteiger partial charge in [0.2, 0.25) is 0 Å². The van der Waals surface area contributed by atoms with Gasteiger partial charge in [0.05, 0.1) is 27.2 Å². The van der Waals surface area contributed by atoms with Crippen LogP contribution in [0.1, 0.15) is 27.3 Å². The lowest BCUT2D eigenvalue weighted by Gasteiger charge is -2.09. The van der Waals surface area contributed by atoms with Gasteiger partial charge in [-0.2, -0.15) is 5.26 Å². The van der Waals surface area contributed by atoms with Crippen molar-refractivity contribution in [2.24, 2.45) is 0 Å². The molecule has 6 nitrogen and oxygen atoms in total. The first-order valence-corrected chi connectivity index (χ1v) is 9.73. The average Bonchev–Trinajstić information content (AvgIpc) is 3.21. The molecule has 4 aromatic rings. The second-order valence-electron chi connectivity index (χ2n) is 6.75. The fourth-order valence-electron chi connectivity index (χ4n) is 3.03. The third-order valence-corrected chi connectivity index (χ3v) is 4.92. The summed E-state index contributed by atoms with van der Waals surface area (Å²) in [6, 6.07) is 21.4. The van der Waals surface area contributed by atoms with Crippen LogP contribution in [0.15, 0.2) is 66.7 Å². The summed E-state index contributed by atoms with van der Waals surface area (Å²) in [6.07, 6.45) is 1.71. The van der Waals surface area contributed by atoms with Crippen LogP contribution in [0.5, 0.6) is 5.75 Å². The number of nitriles is 1. The zero-order valence-corrected chi connectivity index (χ0v) is 16.9. The normalized spacial score (nSPS) is 11.3. The number of imidazole rings is 1. The van der Waals surface area contributed by atoms with Gasteiger partial charge in [-0.05, 0) is 53.6 Å². The summed E-state index contributed by atoms with van der Waals surface area (Å²) < 4.78 is 5.75. The Morgan fingerprint density at radius 1 is 1.16 bits per heavy atom. The number of benzene rings is 3. The first-order valence-electron chi connectivity index (χ1n) is 9.35. The van der Waals surface area contributed by atoms with E-state index in [1.807, 2.05) is 24.3 Å². The van der Waals surface area contributed by atoms with Gasteiger partial charge in [0.25, 0.3) is 0 Å². The molecule has 31 heavy (non-hydrogen) atoms. The van der Waals surface area contributed by atoms with Crippen LogP contribution in [0.4, 0.5) is 0 Å². The summed E-state index contributed by atoms with van der Waals surface area (Å²) in [5.74, 6) is 0.00636. The smallest absolute Gasteiger partial charge is 0.335 e. The summed E-state index contributed by atoms with van der Waals surface area (Å²) in [7, 11) is 0. The highest BCUT2D eigenvalue weighted by molar-refractivity contribution is 6.32. The number of ether oxygens (including phenoxy) is 1. The summed E-state index contributed by atoms with van der Waals surface area (Å²) in [5.41, 5.74) is 3.81. The molecule has 0 radical (unpaired) electrons. The van der Waals surface area contributed by atoms with E-state index in [9.17, 15) is 10.1 Å². The lowest BCUT2D eigenvalue weighted by molar-refractivity contribution is 0.0697. The Balaban J connectivity index is 1.50. The molecule has 152 valence electrons. The van der Waals surface area contributed by atoms with Crippen molar-refractivity contribution in [3.05, 3.63) is 94.3 Å². The van der Waals surface area contributed by atoms with Gasteiger partial charge in [-0.1, -0.05) is 41.9 Å². The van der Waals surface area contributed by atoms with Crippen molar-refractivity contribution in [3.63, 3.8) is 0 Å². The Bertz CT molecular complexity index is 1300. The molecule has 3 aromatic carbocycles. The highest BCUT2D eigenvalue weighted by Crippen LogP contribution is 2.28. The summed E-state index contributed by atoms with van der Waals surface area (Å²) in [5, 5.41) is 18.9. The Morgan fingerprint density at radius 3 is 2.61 bits per heavy atom. The van der Waals surface area contributed by atoms with E-state index in [0.717, 1.165) is 22.2 Å². The number of nitrogens with zero attached hydrogens (tertiary/aromatic N) is 2. The van der Waals surface area contributed by atoms with Gasteiger partial charge in [-0.3, -0.25) is 0 Å². The van der Waals surface area contributed by atoms with E-state index >= 15 is 0 Å². The third-order valence-electron chi connectivity index (χ3n) is 4.63. The SMILES string of the molecule is N#C/C(=C\c1ccc(OCc2ccc(C(=O)O)cc2)c(Cl)c1)c1nc2ccccc2[nH]1. The fraction of sp³-hybridized carbons (Fsp3) is 0.0417. The van der Waals surface area contributed by atoms with Crippen molar-refractivity contribution in [1.82, 2.24) is 9.97 Å². The molecule has 7 heteroatoms. The molecule has 0 saturated heterocycles. The highest BCUT2D eigenvalue weighted by atomic mass is 35.5. The van der Waals surface area contributed by atoms with Gasteiger partial charge in [0.15, 0.2) is 0 Å². The molecule has 0 amide bonds. The molecule has 0 aliphatic rings. The lowest BCUT2D eigenvalue weighted by atomic mass is 10.1. The number of allylic oxidation sites excluding steroid dienone is 1. The van der Waals surface area contributed by atoms with Gasteiger partial charge >= 0.3 is 5.97 Å². The number of rotatable bonds is 6. The number of hydrogen-bond donors (Lipinski definition) is 2. The topological polar surface area (TPSA) is 99.0 Å². The summed E-state index contributed by atoms with van der Waals surface area (Å²) in [6.45, 7) is 0.247. The minimum Gasteiger partial charge on any atom is -0.487 e. The molecule has 0 atom stereocenters. The molecule has 1 aromatic heterocycles. The average molecular weight is 430 g/mol. The number of aromatic nitrogens is 2. The number of fused-ring (bicyclic) bond motifs is 1. The van der Waals surface area contributed by atoms with Crippen LogP contribution in [0.2, 0.25) is 5.02 Å². The molecule has 0 spiro atoms. The maximum atomic E-state index is 10.9. The fourth-order valence-corrected chi connectivity index (χ4v) is 3.27. The van der Waals surface area contributed by atoms with Gasteiger partial charge in [0.1, 0.15) is 24.3 Å². The number of carboxylic acid groups (broad SMARTS) is 1. The molecule has 0 saturated carbocycles. The quantitative estimate of drug-likeness (QED) is 0.391. The maximum absolute atomic E-state index is 10.9. The largest absolute Gasteiger partial charge is 0.487 e. The van der Waals surface area contributed by atoms with Crippen LogP contribution < -0.4 is 4.74 Å². The van der Waals surface area contributed by atoms with Crippen molar-refractivity contribution >= 4 is 40.3 Å². The van der Waals surface area contributed by atoms with Crippen molar-refractivity contribution in [1.29, 1.82) is 5.26 Å². The molecule has 0 aliphatic carbocycles. The van der Waals surface area contributed by atoms with E-state index < -0.39 is 5.97 Å². The first-order chi connectivity index (χ1) is 15.0. The number of carbonyl (C=O) groups is 1. The Morgan fingerprint density at radius 2 is 1.94 bits per heavy atom. The molecule has 4 rings (SSSR count).